The van der Waals surface area contributed by atoms with Crippen molar-refractivity contribution in [2.45, 2.75) is 43.2 Å². The maximum absolute atomic E-state index is 5.91. The van der Waals surface area contributed by atoms with Gasteiger partial charge in [0, 0.05) is 17.0 Å². The SMILES string of the molecule is CSc1ccc(C(C)N(C)C2CCCC2CN)cc1. The van der Waals surface area contributed by atoms with E-state index in [1.165, 1.54) is 29.7 Å². The molecule has 106 valence electrons. The van der Waals surface area contributed by atoms with Crippen LogP contribution in [0.1, 0.15) is 37.8 Å². The lowest BCUT2D eigenvalue weighted by molar-refractivity contribution is 0.152. The highest BCUT2D eigenvalue weighted by atomic mass is 32.2. The summed E-state index contributed by atoms with van der Waals surface area (Å²) in [6.07, 6.45) is 6.04. The van der Waals surface area contributed by atoms with E-state index in [-0.39, 0.29) is 0 Å². The van der Waals surface area contributed by atoms with Gasteiger partial charge in [-0.25, -0.2) is 0 Å². The normalized spacial score (nSPS) is 24.9. The lowest BCUT2D eigenvalue weighted by Gasteiger charge is -2.34. The monoisotopic (exact) mass is 278 g/mol. The number of nitrogens with zero attached hydrogens (tertiary/aromatic N) is 1. The van der Waals surface area contributed by atoms with Gasteiger partial charge in [-0.15, -0.1) is 11.8 Å². The molecule has 0 radical (unpaired) electrons. The van der Waals surface area contributed by atoms with Crippen molar-refractivity contribution >= 4 is 11.8 Å². The van der Waals surface area contributed by atoms with Gasteiger partial charge in [0.05, 0.1) is 0 Å². The van der Waals surface area contributed by atoms with Crippen LogP contribution < -0.4 is 5.73 Å². The van der Waals surface area contributed by atoms with Crippen molar-refractivity contribution in [2.75, 3.05) is 19.8 Å². The highest BCUT2D eigenvalue weighted by molar-refractivity contribution is 7.98. The Labute approximate surface area is 121 Å². The fourth-order valence-corrected chi connectivity index (χ4v) is 3.64. The predicted octanol–water partition coefficient (Wildman–Crippen LogP) is 3.53. The van der Waals surface area contributed by atoms with Crippen molar-refractivity contribution in [3.05, 3.63) is 29.8 Å². The lowest BCUT2D eigenvalue weighted by atomic mass is 9.99. The molecule has 1 fully saturated rings. The number of benzene rings is 1. The van der Waals surface area contributed by atoms with Gasteiger partial charge in [0.25, 0.3) is 0 Å². The minimum Gasteiger partial charge on any atom is -0.330 e. The molecule has 0 aromatic heterocycles. The van der Waals surface area contributed by atoms with Crippen LogP contribution in [-0.4, -0.2) is 30.8 Å². The second-order valence-electron chi connectivity index (χ2n) is 5.61. The van der Waals surface area contributed by atoms with Crippen LogP contribution in [-0.2, 0) is 0 Å². The molecule has 0 amide bonds. The fraction of sp³-hybridized carbons (Fsp3) is 0.625. The van der Waals surface area contributed by atoms with E-state index in [0.717, 1.165) is 6.54 Å². The average Bonchev–Trinajstić information content (AvgIpc) is 2.94. The topological polar surface area (TPSA) is 29.3 Å². The maximum Gasteiger partial charge on any atom is 0.0319 e. The molecule has 2 nitrogen and oxygen atoms in total. The fourth-order valence-electron chi connectivity index (χ4n) is 3.23. The summed E-state index contributed by atoms with van der Waals surface area (Å²) in [4.78, 5) is 3.86. The molecule has 2 rings (SSSR count). The van der Waals surface area contributed by atoms with Gasteiger partial charge < -0.3 is 5.73 Å². The molecule has 0 spiro atoms. The molecule has 19 heavy (non-hydrogen) atoms. The first kappa shape index (κ1) is 14.9. The van der Waals surface area contributed by atoms with E-state index in [9.17, 15) is 0 Å². The Morgan fingerprint density at radius 2 is 2.00 bits per heavy atom. The van der Waals surface area contributed by atoms with Crippen LogP contribution in [0.15, 0.2) is 29.2 Å². The standard InChI is InChI=1S/C16H26N2S/c1-12(13-7-9-15(19-3)10-8-13)18(2)16-6-4-5-14(16)11-17/h7-10,12,14,16H,4-6,11,17H2,1-3H3. The zero-order valence-corrected chi connectivity index (χ0v) is 13.1. The van der Waals surface area contributed by atoms with Gasteiger partial charge in [0.2, 0.25) is 0 Å². The average molecular weight is 278 g/mol. The van der Waals surface area contributed by atoms with E-state index in [0.29, 0.717) is 18.0 Å². The summed E-state index contributed by atoms with van der Waals surface area (Å²) in [5, 5.41) is 0. The van der Waals surface area contributed by atoms with Crippen molar-refractivity contribution in [3.63, 3.8) is 0 Å². The first-order valence-corrected chi connectivity index (χ1v) is 8.45. The minimum absolute atomic E-state index is 0.466. The van der Waals surface area contributed by atoms with Crippen LogP contribution in [0.2, 0.25) is 0 Å². The van der Waals surface area contributed by atoms with E-state index in [4.69, 9.17) is 5.73 Å². The van der Waals surface area contributed by atoms with E-state index in [1.807, 2.05) is 0 Å². The molecule has 0 aliphatic heterocycles. The van der Waals surface area contributed by atoms with Crippen LogP contribution in [0.5, 0.6) is 0 Å². The highest BCUT2D eigenvalue weighted by Crippen LogP contribution is 2.33. The maximum atomic E-state index is 5.91. The first-order chi connectivity index (χ1) is 9.17. The Hall–Kier alpha value is -0.510. The zero-order valence-electron chi connectivity index (χ0n) is 12.3. The molecular weight excluding hydrogens is 252 g/mol. The van der Waals surface area contributed by atoms with E-state index in [1.54, 1.807) is 11.8 Å². The summed E-state index contributed by atoms with van der Waals surface area (Å²) in [7, 11) is 2.26. The second kappa shape index (κ2) is 6.78. The Kier molecular flexibility index (Phi) is 5.31. The number of hydrogen-bond donors (Lipinski definition) is 1. The molecule has 1 aliphatic rings. The molecule has 0 bridgehead atoms. The number of hydrogen-bond acceptors (Lipinski definition) is 3. The highest BCUT2D eigenvalue weighted by Gasteiger charge is 2.31. The van der Waals surface area contributed by atoms with Crippen LogP contribution in [0, 0.1) is 5.92 Å². The van der Waals surface area contributed by atoms with Crippen molar-refractivity contribution in [3.8, 4) is 0 Å². The smallest absolute Gasteiger partial charge is 0.0319 e. The summed E-state index contributed by atoms with van der Waals surface area (Å²) >= 11 is 1.80. The molecule has 0 saturated heterocycles. The molecule has 3 heteroatoms. The third kappa shape index (κ3) is 3.33. The molecule has 1 aromatic carbocycles. The number of thioether (sulfide) groups is 1. The third-order valence-electron chi connectivity index (χ3n) is 4.65. The Bertz CT molecular complexity index is 390. The summed E-state index contributed by atoms with van der Waals surface area (Å²) in [5.41, 5.74) is 7.31. The molecule has 0 heterocycles. The van der Waals surface area contributed by atoms with Gasteiger partial charge in [0.1, 0.15) is 0 Å². The van der Waals surface area contributed by atoms with Gasteiger partial charge in [-0.05, 0) is 63.2 Å². The van der Waals surface area contributed by atoms with Crippen molar-refractivity contribution < 1.29 is 0 Å². The number of nitrogens with two attached hydrogens (primary N) is 1. The van der Waals surface area contributed by atoms with Crippen LogP contribution >= 0.6 is 11.8 Å². The summed E-state index contributed by atoms with van der Waals surface area (Å²) in [6.45, 7) is 3.13. The zero-order chi connectivity index (χ0) is 13.8. The summed E-state index contributed by atoms with van der Waals surface area (Å²) < 4.78 is 0. The molecule has 1 aromatic rings. The van der Waals surface area contributed by atoms with Crippen LogP contribution in [0.25, 0.3) is 0 Å². The van der Waals surface area contributed by atoms with Crippen LogP contribution in [0.3, 0.4) is 0 Å². The molecule has 2 N–H and O–H groups in total. The quantitative estimate of drug-likeness (QED) is 0.836. The van der Waals surface area contributed by atoms with E-state index < -0.39 is 0 Å². The van der Waals surface area contributed by atoms with Crippen molar-refractivity contribution in [1.29, 1.82) is 0 Å². The van der Waals surface area contributed by atoms with Crippen molar-refractivity contribution in [1.82, 2.24) is 4.90 Å². The van der Waals surface area contributed by atoms with Gasteiger partial charge in [-0.1, -0.05) is 18.6 Å². The third-order valence-corrected chi connectivity index (χ3v) is 5.40. The minimum atomic E-state index is 0.466. The Morgan fingerprint density at radius 1 is 1.32 bits per heavy atom. The van der Waals surface area contributed by atoms with E-state index >= 15 is 0 Å². The molecular formula is C16H26N2S. The Morgan fingerprint density at radius 3 is 2.58 bits per heavy atom. The van der Waals surface area contributed by atoms with Gasteiger partial charge in [-0.3, -0.25) is 4.90 Å². The molecule has 1 saturated carbocycles. The van der Waals surface area contributed by atoms with E-state index in [2.05, 4.69) is 49.4 Å². The van der Waals surface area contributed by atoms with Gasteiger partial charge in [-0.2, -0.15) is 0 Å². The lowest BCUT2D eigenvalue weighted by Crippen LogP contribution is -2.39. The first-order valence-electron chi connectivity index (χ1n) is 7.23. The van der Waals surface area contributed by atoms with Crippen molar-refractivity contribution in [2.24, 2.45) is 11.7 Å². The van der Waals surface area contributed by atoms with Gasteiger partial charge in [0.15, 0.2) is 0 Å². The molecule has 3 atom stereocenters. The predicted molar refractivity (Wildman–Crippen MR) is 84.6 cm³/mol. The van der Waals surface area contributed by atoms with Crippen LogP contribution in [0.4, 0.5) is 0 Å². The Balaban J connectivity index is 2.07. The molecule has 3 unspecified atom stereocenters. The second-order valence-corrected chi connectivity index (χ2v) is 6.49. The molecule has 1 aliphatic carbocycles. The largest absolute Gasteiger partial charge is 0.330 e. The summed E-state index contributed by atoms with van der Waals surface area (Å²) in [5.74, 6) is 0.679. The number of rotatable bonds is 5. The summed E-state index contributed by atoms with van der Waals surface area (Å²) in [6, 6.07) is 10.1. The van der Waals surface area contributed by atoms with Gasteiger partial charge >= 0.3 is 0 Å².